The number of nitrogens with two attached hydrogens (primary N) is 1. The molecule has 1 aromatic heterocycles. The quantitative estimate of drug-likeness (QED) is 0.0134. The van der Waals surface area contributed by atoms with Gasteiger partial charge in [0.1, 0.15) is 188 Å². The summed E-state index contributed by atoms with van der Waals surface area (Å²) in [6, 6.07) is 6.24. The number of aliphatic hydroxyl groups excluding tert-OH is 20. The highest BCUT2D eigenvalue weighted by Crippen LogP contribution is 2.49. The lowest BCUT2D eigenvalue weighted by Gasteiger charge is -2.50. The van der Waals surface area contributed by atoms with Gasteiger partial charge in [0.25, 0.3) is 0 Å². The zero-order chi connectivity index (χ0) is 109. The summed E-state index contributed by atoms with van der Waals surface area (Å²) < 4.78 is 107. The molecule has 23 fully saturated rings. The van der Waals surface area contributed by atoms with Crippen LogP contribution in [0.25, 0.3) is 10.2 Å². The molecule has 2 aromatic rings. The Kier molecular flexibility index (Phi) is 49.7. The van der Waals surface area contributed by atoms with Crippen LogP contribution in [0.4, 0.5) is 0 Å². The average molecular weight is 2210 g/mol. The highest BCUT2D eigenvalue weighted by Gasteiger charge is 2.62. The van der Waals surface area contributed by atoms with Crippen molar-refractivity contribution in [3.05, 3.63) is 41.4 Å². The van der Waals surface area contributed by atoms with Crippen LogP contribution in [0, 0.1) is 36.0 Å². The number of thioether (sulfide) groups is 2. The fourth-order valence-electron chi connectivity index (χ4n) is 19.8. The summed E-state index contributed by atoms with van der Waals surface area (Å²) in [4.78, 5) is 94.4. The number of fused-ring (bicyclic) bond motifs is 2. The smallest absolute Gasteiger partial charge is 0.307 e. The van der Waals surface area contributed by atoms with E-state index in [9.17, 15) is 146 Å². The Morgan fingerprint density at radius 2 is 0.927 bits per heavy atom. The van der Waals surface area contributed by atoms with E-state index in [-0.39, 0.29) is 136 Å². The lowest BCUT2D eigenvalue weighted by molar-refractivity contribution is -0.395. The van der Waals surface area contributed by atoms with E-state index in [1.54, 1.807) is 38.2 Å². The number of ketones is 4. The molecular formula is C98H156N2O47S3. The van der Waals surface area contributed by atoms with Crippen LogP contribution in [0.5, 0.6) is 0 Å². The number of aliphatic carboxylic acids is 2. The fraction of sp³-hybridized carbons (Fsp3) is 0.837. The number of hydrogen-bond donors (Lipinski definition) is 23. The van der Waals surface area contributed by atoms with Crippen molar-refractivity contribution in [1.29, 1.82) is 0 Å². The maximum atomic E-state index is 14.3. The van der Waals surface area contributed by atoms with Crippen LogP contribution < -0.4 is 5.73 Å². The monoisotopic (exact) mass is 2210 g/mol. The van der Waals surface area contributed by atoms with E-state index in [1.165, 1.54) is 6.92 Å². The van der Waals surface area contributed by atoms with Crippen molar-refractivity contribution in [2.45, 2.75) is 397 Å². The molecule has 0 radical (unpaired) electrons. The first kappa shape index (κ1) is 127. The number of aliphatic hydroxyl groups is 20. The third-order valence-electron chi connectivity index (χ3n) is 29.1. The molecule has 858 valence electrons. The molecule has 25 rings (SSSR count). The van der Waals surface area contributed by atoms with Gasteiger partial charge in [-0.1, -0.05) is 60.1 Å². The van der Waals surface area contributed by atoms with E-state index in [1.807, 2.05) is 13.8 Å². The summed E-state index contributed by atoms with van der Waals surface area (Å²) in [6.07, 6.45) is -66.7. The number of carbonyl (C=O) groups excluding carboxylic acids is 5. The second-order valence-electron chi connectivity index (χ2n) is 40.4. The van der Waals surface area contributed by atoms with E-state index < -0.39 is 313 Å². The molecule has 49 nitrogen and oxygen atoms in total. The average Bonchev–Trinajstić information content (AvgIpc) is 1.55. The Hall–Kier alpha value is -4.88. The number of unbranched alkanes of at least 4 members (excludes halogenated alkanes) is 2. The molecule has 24 N–H and O–H groups in total. The molecule has 44 atom stereocenters. The van der Waals surface area contributed by atoms with E-state index >= 15 is 0 Å². The maximum Gasteiger partial charge on any atom is 0.307 e. The number of aromatic nitrogens is 1. The number of aryl methyl sites for hydroxylation is 1. The van der Waals surface area contributed by atoms with Crippen LogP contribution in [-0.4, -0.2) is 486 Å². The number of carboxylic acid groups (broad SMARTS) is 2. The molecule has 14 bridgehead atoms. The molecular weight excluding hydrogens is 2050 g/mol. The number of thiazole rings is 1. The third-order valence-corrected chi connectivity index (χ3v) is 32.4. The maximum absolute atomic E-state index is 14.3. The van der Waals surface area contributed by atoms with Crippen molar-refractivity contribution in [1.82, 2.24) is 4.98 Å². The number of epoxide rings is 1. The van der Waals surface area contributed by atoms with Crippen molar-refractivity contribution in [3.63, 3.8) is 0 Å². The summed E-state index contributed by atoms with van der Waals surface area (Å²) >= 11 is 3.37. The van der Waals surface area contributed by atoms with Gasteiger partial charge in [0, 0.05) is 61.5 Å². The van der Waals surface area contributed by atoms with Gasteiger partial charge in [0.15, 0.2) is 44.0 Å². The number of ether oxygens (including phenoxy) is 18. The lowest BCUT2D eigenvalue weighted by atomic mass is 9.70. The molecule has 0 amide bonds. The molecule has 150 heavy (non-hydrogen) atoms. The van der Waals surface area contributed by atoms with E-state index in [0.29, 0.717) is 25.8 Å². The number of rotatable bonds is 36. The van der Waals surface area contributed by atoms with Crippen LogP contribution in [0.15, 0.2) is 30.9 Å². The summed E-state index contributed by atoms with van der Waals surface area (Å²) in [5, 5.41) is 249. The molecule has 22 aliphatic heterocycles. The minimum absolute atomic E-state index is 0. The minimum atomic E-state index is -2.31. The molecule has 0 spiro atoms. The largest absolute Gasteiger partial charge is 0.481 e. The Morgan fingerprint density at radius 1 is 0.533 bits per heavy atom. The number of carbonyl (C=O) groups is 7. The van der Waals surface area contributed by atoms with Gasteiger partial charge in [-0.25, -0.2) is 4.98 Å². The Morgan fingerprint density at radius 3 is 1.31 bits per heavy atom. The van der Waals surface area contributed by atoms with Crippen LogP contribution >= 0.6 is 34.9 Å². The predicted octanol–water partition coefficient (Wildman–Crippen LogP) is -3.95. The van der Waals surface area contributed by atoms with Crippen LogP contribution in [0.1, 0.15) is 162 Å². The molecule has 22 saturated heterocycles. The second kappa shape index (κ2) is 58.8. The molecule has 1 aliphatic carbocycles. The molecule has 23 heterocycles. The number of esters is 1. The summed E-state index contributed by atoms with van der Waals surface area (Å²) in [5.74, 6) is -8.27. The second-order valence-corrected chi connectivity index (χ2v) is 43.8. The number of benzene rings is 1. The zero-order valence-electron chi connectivity index (χ0n) is 84.1. The first-order valence-electron chi connectivity index (χ1n) is 50.6. The molecule has 1 aromatic carbocycles. The van der Waals surface area contributed by atoms with Crippen molar-refractivity contribution < 1.29 is 231 Å². The highest BCUT2D eigenvalue weighted by atomic mass is 32.2. The first-order chi connectivity index (χ1) is 70.8. The van der Waals surface area contributed by atoms with Gasteiger partial charge in [-0.2, -0.15) is 23.5 Å². The van der Waals surface area contributed by atoms with Crippen LogP contribution in [0.3, 0.4) is 0 Å². The van der Waals surface area contributed by atoms with Gasteiger partial charge >= 0.3 is 17.9 Å². The van der Waals surface area contributed by atoms with Crippen LogP contribution in [0.2, 0.25) is 0 Å². The van der Waals surface area contributed by atoms with Crippen LogP contribution in [-0.2, 0) is 119 Å². The van der Waals surface area contributed by atoms with E-state index in [0.717, 1.165) is 76.4 Å². The van der Waals surface area contributed by atoms with Crippen molar-refractivity contribution in [2.24, 2.45) is 34.8 Å². The Bertz CT molecular complexity index is 4530. The van der Waals surface area contributed by atoms with E-state index in [2.05, 4.69) is 36.7 Å². The first-order valence-corrected chi connectivity index (χ1v) is 53.7. The number of carboxylic acids is 2. The van der Waals surface area contributed by atoms with E-state index in [4.69, 9.17) is 91.0 Å². The summed E-state index contributed by atoms with van der Waals surface area (Å²) in [7, 11) is 0. The number of allylic oxidation sites excluding steroid dienone is 1. The lowest BCUT2D eigenvalue weighted by Crippen LogP contribution is -2.68. The van der Waals surface area contributed by atoms with Crippen molar-refractivity contribution in [3.8, 4) is 0 Å². The Labute approximate surface area is 880 Å². The van der Waals surface area contributed by atoms with Gasteiger partial charge < -0.3 is 203 Å². The van der Waals surface area contributed by atoms with Gasteiger partial charge in [-0.15, -0.1) is 17.9 Å². The number of Topliss-reactive ketones (excluding diaryl/α,β-unsaturated/α-hetero) is 4. The van der Waals surface area contributed by atoms with Gasteiger partial charge in [0.2, 0.25) is 0 Å². The summed E-state index contributed by atoms with van der Waals surface area (Å²) in [6.45, 7) is 11.7. The zero-order valence-corrected chi connectivity index (χ0v) is 86.6. The minimum Gasteiger partial charge on any atom is -0.481 e. The number of hydrogen-bond acceptors (Lipinski definition) is 50. The standard InChI is InChI=1S/C60H98O41S2.C37H54N2O6S.CH4/c1-3-21(52(82)83)16-102-18-29-50-36(73)43(80)59(93-29)98-48-27(14-64)89-55(39(76)32(48)69)95-45-24(11-61)88-54(38(75)31(45)68)96-46-26(13-63)92-58(42(79)35(46)72)101-51-30(19-103-17-22(53(84)85)10-23(67)5-7-87-9-8-86-6-4-20(2)66)94-60(44(81)37(51)74)99-49-28(15-65)90-56(40(77)33(49)70)97-47-25(12-62)91-57(100-50)41(78)34(47)71;1-7-12-28-34(44-33(42)14-9-8-10-18-38)23(2)13-11-17-37(6)32(45-37)21-26(19-27(40)22-31(41)36(4,5)35(28)43)25-15-16-30-29(20-25)39-24(3)46-30;/h21-22,24-51,54-65,68-81H,3-19H2,1-2H3,(H,82,83)(H,84,85);7,15-16,20,23,26,28,31-32,34,41H,1,8-14,17-19,21-22,38H2,2-6H3;1H4/t21?,22?,24?,25?,26?,27?,28?,29?,30?,31-,32-,33-,34-,35-,36-,37-,38?,39?,40?,41?,42?,43?,44?,45-,46-,47-,48-,49-,50-,51-,54-,55-,56-,57-,58-,59-,60-;23-,26-,28+,31-,32-,34-,37+;/m10./s1. The fourth-order valence-corrected chi connectivity index (χ4v) is 23.1. The molecule has 1 saturated carbocycles. The number of nitrogens with zero attached hydrogens (tertiary/aromatic N) is 1. The predicted molar refractivity (Wildman–Crippen MR) is 522 cm³/mol. The molecule has 23 aliphatic rings. The highest BCUT2D eigenvalue weighted by molar-refractivity contribution is 7.99. The molecule has 16 unspecified atom stereocenters. The Balaban J connectivity index is 0.000000406. The summed E-state index contributed by atoms with van der Waals surface area (Å²) in [5.41, 5.74) is 6.04. The molecule has 52 heteroatoms. The van der Waals surface area contributed by atoms with Crippen molar-refractivity contribution >= 4 is 86.1 Å². The normalized spacial score (nSPS) is 40.3. The van der Waals surface area contributed by atoms with Gasteiger partial charge in [0.05, 0.1) is 128 Å². The van der Waals surface area contributed by atoms with Crippen molar-refractivity contribution in [2.75, 3.05) is 89.0 Å². The SMILES string of the molecule is C.C=CC[C@H]1C(=O)C(C)(C)[C@@H](O)CC(=O)C[C@H](c2ccc3sc(C)nc3c2)C[C@@H]2O[C@]2(C)CCC[C@H](C)[C@@H]1OC(=O)CCCCCN.CCC(CSCC1O[C@@H]2O[C@@H]3C(CO)O[C@H](O[C@@H]4C(CO)O[C@H](O[C@@H]5C(CO)O[C@H](O[C@@H]6C(CSCC(CC(=O)CCOCCOCCC(C)=O)C(=O)O)O[C@H](O[C@@H]7C(CO)O[C@H](O[C@@H]8C(CO)O[C@H](O[C@H]1[C@H](O)C2O)C(O)[C@H]8O)C(O)[C@H]7O)C(O)[C@H]6O)C(O)[C@H]5O)C(O)[C@H]4O)C(O)[C@H]3O)C(=O)O. The third kappa shape index (κ3) is 32.1. The van der Waals surface area contributed by atoms with Gasteiger partial charge in [-0.05, 0) is 102 Å². The van der Waals surface area contributed by atoms with Gasteiger partial charge in [-0.3, -0.25) is 33.6 Å². The topological polar surface area (TPSA) is 773 Å².